The summed E-state index contributed by atoms with van der Waals surface area (Å²) in [5.74, 6) is -0.354. The Morgan fingerprint density at radius 1 is 1.12 bits per heavy atom. The molecule has 0 aliphatic heterocycles. The molecule has 0 saturated heterocycles. The highest BCUT2D eigenvalue weighted by Gasteiger charge is 2.08. The van der Waals surface area contributed by atoms with Crippen molar-refractivity contribution in [1.82, 2.24) is 0 Å². The molecule has 0 aliphatic carbocycles. The van der Waals surface area contributed by atoms with Gasteiger partial charge in [-0.25, -0.2) is 4.79 Å². The molecular weight excluding hydrogens is 304 g/mol. The Bertz CT molecular complexity index is 517. The van der Waals surface area contributed by atoms with Crippen molar-refractivity contribution in [3.63, 3.8) is 0 Å². The summed E-state index contributed by atoms with van der Waals surface area (Å²) in [4.78, 5) is 11.3. The third-order valence-corrected chi connectivity index (χ3v) is 3.51. The van der Waals surface area contributed by atoms with Crippen LogP contribution in [0.5, 0.6) is 5.75 Å². The molecule has 0 radical (unpaired) electrons. The predicted molar refractivity (Wildman–Crippen MR) is 97.1 cm³/mol. The van der Waals surface area contributed by atoms with Gasteiger partial charge < -0.3 is 14.6 Å². The van der Waals surface area contributed by atoms with E-state index in [-0.39, 0.29) is 5.76 Å². The molecule has 4 heteroatoms. The molecule has 0 amide bonds. The fraction of sp³-hybridized carbons (Fsp3) is 0.450. The summed E-state index contributed by atoms with van der Waals surface area (Å²) in [5.41, 5.74) is 0.765. The maximum absolute atomic E-state index is 11.3. The minimum absolute atomic E-state index is 0.0247. The first-order valence-electron chi connectivity index (χ1n) is 8.59. The second kappa shape index (κ2) is 12.2. The first-order valence-corrected chi connectivity index (χ1v) is 8.59. The van der Waals surface area contributed by atoms with E-state index < -0.39 is 5.97 Å². The summed E-state index contributed by atoms with van der Waals surface area (Å²) in [7, 11) is 0. The van der Waals surface area contributed by atoms with Crippen LogP contribution in [-0.4, -0.2) is 24.3 Å². The van der Waals surface area contributed by atoms with Crippen LogP contribution in [0.2, 0.25) is 0 Å². The topological polar surface area (TPSA) is 55.8 Å². The second-order valence-electron chi connectivity index (χ2n) is 5.60. The number of carbonyl (C=O) groups is 1. The Labute approximate surface area is 144 Å². The zero-order valence-electron chi connectivity index (χ0n) is 14.5. The van der Waals surface area contributed by atoms with E-state index in [9.17, 15) is 9.90 Å². The maximum atomic E-state index is 11.3. The Morgan fingerprint density at radius 3 is 2.42 bits per heavy atom. The number of rotatable bonds is 13. The predicted octanol–water partition coefficient (Wildman–Crippen LogP) is 5.05. The lowest BCUT2D eigenvalue weighted by Crippen LogP contribution is -2.06. The van der Waals surface area contributed by atoms with E-state index in [4.69, 9.17) is 9.47 Å². The van der Waals surface area contributed by atoms with Crippen molar-refractivity contribution in [3.05, 3.63) is 48.2 Å². The summed E-state index contributed by atoms with van der Waals surface area (Å²) >= 11 is 0. The van der Waals surface area contributed by atoms with E-state index in [2.05, 4.69) is 13.5 Å². The number of hydrogen-bond donors (Lipinski definition) is 1. The van der Waals surface area contributed by atoms with Crippen LogP contribution < -0.4 is 4.74 Å². The molecule has 24 heavy (non-hydrogen) atoms. The minimum atomic E-state index is -1.05. The van der Waals surface area contributed by atoms with Crippen molar-refractivity contribution < 1.29 is 19.4 Å². The quantitative estimate of drug-likeness (QED) is 0.237. The molecule has 0 spiro atoms. The third kappa shape index (κ3) is 8.42. The van der Waals surface area contributed by atoms with Crippen LogP contribution >= 0.6 is 0 Å². The second-order valence-corrected chi connectivity index (χ2v) is 5.60. The average Bonchev–Trinajstić information content (AvgIpc) is 2.59. The van der Waals surface area contributed by atoms with Gasteiger partial charge in [0.15, 0.2) is 0 Å². The van der Waals surface area contributed by atoms with Gasteiger partial charge in [0.25, 0.3) is 0 Å². The lowest BCUT2D eigenvalue weighted by Gasteiger charge is -2.07. The van der Waals surface area contributed by atoms with Gasteiger partial charge in [-0.15, -0.1) is 0 Å². The fourth-order valence-corrected chi connectivity index (χ4v) is 2.20. The van der Waals surface area contributed by atoms with E-state index in [0.29, 0.717) is 13.2 Å². The third-order valence-electron chi connectivity index (χ3n) is 3.51. The number of ether oxygens (including phenoxy) is 2. The largest absolute Gasteiger partial charge is 0.490 e. The molecule has 1 aromatic rings. The zero-order valence-corrected chi connectivity index (χ0v) is 14.5. The van der Waals surface area contributed by atoms with E-state index >= 15 is 0 Å². The average molecular weight is 332 g/mol. The van der Waals surface area contributed by atoms with Gasteiger partial charge in [-0.05, 0) is 30.2 Å². The molecule has 4 nitrogen and oxygen atoms in total. The molecule has 0 atom stereocenters. The highest BCUT2D eigenvalue weighted by atomic mass is 16.5. The van der Waals surface area contributed by atoms with Gasteiger partial charge in [0, 0.05) is 0 Å². The van der Waals surface area contributed by atoms with Crippen LogP contribution in [-0.2, 0) is 9.53 Å². The van der Waals surface area contributed by atoms with E-state index in [0.717, 1.165) is 24.2 Å². The summed E-state index contributed by atoms with van der Waals surface area (Å²) in [5, 5.41) is 9.25. The lowest BCUT2D eigenvalue weighted by molar-refractivity contribution is -0.136. The first-order chi connectivity index (χ1) is 11.7. The summed E-state index contributed by atoms with van der Waals surface area (Å²) in [6.45, 7) is 6.65. The number of aliphatic carboxylic acids is 1. The Hall–Kier alpha value is -2.23. The van der Waals surface area contributed by atoms with Gasteiger partial charge in [0.2, 0.25) is 5.76 Å². The zero-order chi connectivity index (χ0) is 17.6. The molecule has 1 rings (SSSR count). The molecule has 0 aliphatic rings. The van der Waals surface area contributed by atoms with Gasteiger partial charge in [-0.3, -0.25) is 0 Å². The maximum Gasteiger partial charge on any atom is 0.371 e. The van der Waals surface area contributed by atoms with Crippen LogP contribution in [0.3, 0.4) is 0 Å². The molecule has 0 aromatic heterocycles. The van der Waals surface area contributed by atoms with E-state index in [1.165, 1.54) is 31.8 Å². The first kappa shape index (κ1) is 19.8. The van der Waals surface area contributed by atoms with Gasteiger partial charge in [-0.1, -0.05) is 63.8 Å². The number of hydrogen-bond acceptors (Lipinski definition) is 3. The molecule has 0 bridgehead atoms. The van der Waals surface area contributed by atoms with Crippen LogP contribution in [0.4, 0.5) is 0 Å². The number of carboxylic acid groups (broad SMARTS) is 1. The van der Waals surface area contributed by atoms with Gasteiger partial charge in [0.1, 0.15) is 12.4 Å². The number of unbranched alkanes of at least 4 members (excludes halogenated alkanes) is 5. The van der Waals surface area contributed by atoms with Crippen molar-refractivity contribution in [2.75, 3.05) is 13.2 Å². The molecular formula is C20H28O4. The van der Waals surface area contributed by atoms with Crippen molar-refractivity contribution >= 4 is 12.0 Å². The Kier molecular flexibility index (Phi) is 10.1. The van der Waals surface area contributed by atoms with E-state index in [1.54, 1.807) is 30.3 Å². The van der Waals surface area contributed by atoms with Crippen LogP contribution in [0.25, 0.3) is 6.08 Å². The van der Waals surface area contributed by atoms with Crippen molar-refractivity contribution in [3.8, 4) is 5.75 Å². The number of carboxylic acids is 1. The normalized spacial score (nSPS) is 11.1. The minimum Gasteiger partial charge on any atom is -0.490 e. The van der Waals surface area contributed by atoms with Crippen molar-refractivity contribution in [2.45, 2.75) is 45.4 Å². The van der Waals surface area contributed by atoms with Crippen molar-refractivity contribution in [1.29, 1.82) is 0 Å². The summed E-state index contributed by atoms with van der Waals surface area (Å²) in [6.07, 6.45) is 10.1. The number of benzene rings is 1. The highest BCUT2D eigenvalue weighted by molar-refractivity contribution is 5.89. The summed E-state index contributed by atoms with van der Waals surface area (Å²) in [6, 6.07) is 7.19. The van der Waals surface area contributed by atoms with Gasteiger partial charge >= 0.3 is 5.97 Å². The molecule has 0 heterocycles. The molecule has 0 saturated carbocycles. The Morgan fingerprint density at radius 2 is 1.79 bits per heavy atom. The smallest absolute Gasteiger partial charge is 0.371 e. The Balaban J connectivity index is 2.47. The highest BCUT2D eigenvalue weighted by Crippen LogP contribution is 2.16. The van der Waals surface area contributed by atoms with Crippen molar-refractivity contribution in [2.24, 2.45) is 0 Å². The molecule has 1 N–H and O–H groups in total. The lowest BCUT2D eigenvalue weighted by atomic mass is 10.1. The molecule has 1 aromatic carbocycles. The molecule has 0 unspecified atom stereocenters. The van der Waals surface area contributed by atoms with Crippen LogP contribution in [0.15, 0.2) is 42.7 Å². The molecule has 132 valence electrons. The molecule has 0 fully saturated rings. The van der Waals surface area contributed by atoms with Crippen LogP contribution in [0, 0.1) is 0 Å². The standard InChI is InChI=1S/C20H28O4/c1-3-5-6-7-8-9-15-24-19(20(21)22)16-17-10-12-18(13-11-17)23-14-4-2/h4,10-13,16H,2-3,5-9,14-15H2,1H3,(H,21,22). The monoisotopic (exact) mass is 332 g/mol. The fourth-order valence-electron chi connectivity index (χ4n) is 2.20. The van der Waals surface area contributed by atoms with Crippen LogP contribution in [0.1, 0.15) is 51.0 Å². The van der Waals surface area contributed by atoms with E-state index in [1.807, 2.05) is 0 Å². The summed E-state index contributed by atoms with van der Waals surface area (Å²) < 4.78 is 10.8. The van der Waals surface area contributed by atoms with Gasteiger partial charge in [-0.2, -0.15) is 0 Å². The van der Waals surface area contributed by atoms with Gasteiger partial charge in [0.05, 0.1) is 6.61 Å². The SMILES string of the molecule is C=CCOc1ccc(C=C(OCCCCCCCC)C(=O)O)cc1.